The van der Waals surface area contributed by atoms with Crippen molar-refractivity contribution < 1.29 is 59.3 Å². The van der Waals surface area contributed by atoms with E-state index in [4.69, 9.17) is 9.47 Å². The molecule has 0 amide bonds. The summed E-state index contributed by atoms with van der Waals surface area (Å²) >= 11 is 0. The molecule has 1 fully saturated rings. The second-order valence-electron chi connectivity index (χ2n) is 11.2. The van der Waals surface area contributed by atoms with Gasteiger partial charge in [-0.15, -0.1) is 5.10 Å². The number of methoxy groups -OCH3 is 2. The average Bonchev–Trinajstić information content (AvgIpc) is 3.49. The normalized spacial score (nSPS) is 15.1. The van der Waals surface area contributed by atoms with E-state index in [1.807, 2.05) is 36.4 Å². The molecule has 50 heavy (non-hydrogen) atoms. The molecule has 0 saturated carbocycles. The van der Waals surface area contributed by atoms with Crippen molar-refractivity contribution in [1.82, 2.24) is 19.5 Å². The molecule has 1 aliphatic heterocycles. The number of piperidine rings is 1. The van der Waals surface area contributed by atoms with E-state index in [1.54, 1.807) is 17.8 Å². The number of nitrogens with zero attached hydrogens (tertiary/aromatic N) is 4. The summed E-state index contributed by atoms with van der Waals surface area (Å²) in [5.41, 5.74) is 2.76. The maximum atomic E-state index is 15.6. The fourth-order valence-corrected chi connectivity index (χ4v) is 5.60. The first-order valence-corrected chi connectivity index (χ1v) is 15.0. The minimum absolute atomic E-state index is 0.144. The number of ether oxygens (including phenoxy) is 4. The lowest BCUT2D eigenvalue weighted by Crippen LogP contribution is -2.44. The molecule has 268 valence electrons. The number of likely N-dealkylation sites (tertiary alicyclic amines) is 1. The standard InChI is InChI=1S/C32H30F7N5O6/c1-47-26-6-4-3-5-21(26)25-8-7-19-15-40-30(42-44(19)25)41-24-14-23(33)22(13-27(24)48-2)18-9-11-43(12-10-18)16-20(50-29(46)32(37,38)39)17-49-28(45)31(34,35)36/h3-8,13-15,18,20H,9-12,16-17H2,1-2H3,(H,41,42)/t20-/m1/s1. The van der Waals surface area contributed by atoms with E-state index < -0.39 is 49.4 Å². The number of anilines is 2. The molecule has 0 unspecified atom stereocenters. The highest BCUT2D eigenvalue weighted by Crippen LogP contribution is 2.37. The second-order valence-corrected chi connectivity index (χ2v) is 11.2. The smallest absolute Gasteiger partial charge is 0.490 e. The highest BCUT2D eigenvalue weighted by molar-refractivity contribution is 5.77. The number of hydrogen-bond donors (Lipinski definition) is 1. The van der Waals surface area contributed by atoms with Crippen molar-refractivity contribution in [2.45, 2.75) is 37.2 Å². The predicted octanol–water partition coefficient (Wildman–Crippen LogP) is 6.06. The summed E-state index contributed by atoms with van der Waals surface area (Å²) in [6.45, 7) is -1.40. The van der Waals surface area contributed by atoms with Crippen LogP contribution in [0.3, 0.4) is 0 Å². The van der Waals surface area contributed by atoms with Gasteiger partial charge in [0.2, 0.25) is 5.95 Å². The molecule has 2 aromatic carbocycles. The average molecular weight is 714 g/mol. The number of esters is 2. The fourth-order valence-electron chi connectivity index (χ4n) is 5.60. The van der Waals surface area contributed by atoms with Crippen molar-refractivity contribution in [3.8, 4) is 22.8 Å². The van der Waals surface area contributed by atoms with Gasteiger partial charge in [-0.3, -0.25) is 4.90 Å². The molecule has 5 rings (SSSR count). The van der Waals surface area contributed by atoms with Gasteiger partial charge in [0.25, 0.3) is 0 Å². The summed E-state index contributed by atoms with van der Waals surface area (Å²) in [4.78, 5) is 28.3. The maximum absolute atomic E-state index is 15.6. The molecular weight excluding hydrogens is 683 g/mol. The molecule has 1 aliphatic rings. The van der Waals surface area contributed by atoms with Gasteiger partial charge in [-0.25, -0.2) is 23.5 Å². The Morgan fingerprint density at radius 1 is 0.940 bits per heavy atom. The van der Waals surface area contributed by atoms with Crippen molar-refractivity contribution in [2.75, 3.05) is 45.8 Å². The molecule has 18 heteroatoms. The molecule has 2 aromatic heterocycles. The predicted molar refractivity (Wildman–Crippen MR) is 163 cm³/mol. The van der Waals surface area contributed by atoms with Crippen molar-refractivity contribution in [1.29, 1.82) is 0 Å². The first-order valence-electron chi connectivity index (χ1n) is 15.0. The number of halogens is 7. The lowest BCUT2D eigenvalue weighted by Gasteiger charge is -2.34. The molecule has 1 saturated heterocycles. The largest absolute Gasteiger partial charge is 0.496 e. The third kappa shape index (κ3) is 8.35. The van der Waals surface area contributed by atoms with Gasteiger partial charge >= 0.3 is 24.3 Å². The van der Waals surface area contributed by atoms with E-state index in [0.29, 0.717) is 16.8 Å². The number of rotatable bonds is 11. The van der Waals surface area contributed by atoms with Gasteiger partial charge in [0.1, 0.15) is 30.0 Å². The number of para-hydroxylation sites is 1. The molecule has 0 aliphatic carbocycles. The van der Waals surface area contributed by atoms with Crippen LogP contribution >= 0.6 is 0 Å². The van der Waals surface area contributed by atoms with Crippen LogP contribution in [0.4, 0.5) is 42.4 Å². The van der Waals surface area contributed by atoms with Crippen LogP contribution in [0.5, 0.6) is 11.5 Å². The summed E-state index contributed by atoms with van der Waals surface area (Å²) in [6, 6.07) is 13.9. The van der Waals surface area contributed by atoms with Crippen LogP contribution in [0.25, 0.3) is 16.8 Å². The van der Waals surface area contributed by atoms with Gasteiger partial charge in [0.05, 0.1) is 37.3 Å². The van der Waals surface area contributed by atoms with Gasteiger partial charge < -0.3 is 24.3 Å². The first kappa shape index (κ1) is 36.2. The number of carbonyl (C=O) groups is 2. The van der Waals surface area contributed by atoms with E-state index in [9.17, 15) is 35.9 Å². The summed E-state index contributed by atoms with van der Waals surface area (Å²) in [6.07, 6.45) is -10.5. The van der Waals surface area contributed by atoms with E-state index in [0.717, 1.165) is 11.3 Å². The van der Waals surface area contributed by atoms with Gasteiger partial charge in [-0.05, 0) is 67.7 Å². The quantitative estimate of drug-likeness (QED) is 0.145. The Morgan fingerprint density at radius 3 is 2.28 bits per heavy atom. The molecule has 3 heterocycles. The summed E-state index contributed by atoms with van der Waals surface area (Å²) in [7, 11) is 2.96. The van der Waals surface area contributed by atoms with E-state index >= 15 is 4.39 Å². The van der Waals surface area contributed by atoms with Gasteiger partial charge in [-0.1, -0.05) is 12.1 Å². The molecule has 1 atom stereocenters. The van der Waals surface area contributed by atoms with Gasteiger partial charge in [0, 0.05) is 18.2 Å². The number of nitrogens with one attached hydrogen (secondary N) is 1. The molecule has 0 radical (unpaired) electrons. The van der Waals surface area contributed by atoms with Crippen LogP contribution in [-0.4, -0.2) is 90.4 Å². The van der Waals surface area contributed by atoms with Crippen LogP contribution in [-0.2, 0) is 19.1 Å². The number of alkyl halides is 6. The highest BCUT2D eigenvalue weighted by Gasteiger charge is 2.44. The first-order chi connectivity index (χ1) is 23.7. The number of aromatic nitrogens is 3. The second kappa shape index (κ2) is 14.8. The van der Waals surface area contributed by atoms with Gasteiger partial charge in [-0.2, -0.15) is 26.3 Å². The molecule has 11 nitrogen and oxygen atoms in total. The SMILES string of the molecule is COc1cc(C2CCN(C[C@H](COC(=O)C(F)(F)F)OC(=O)C(F)(F)F)CC2)c(F)cc1Nc1ncc2ccc(-c3ccccc3OC)n2n1. The van der Waals surface area contributed by atoms with E-state index in [1.165, 1.54) is 24.1 Å². The minimum Gasteiger partial charge on any atom is -0.496 e. The zero-order valence-corrected chi connectivity index (χ0v) is 26.5. The van der Waals surface area contributed by atoms with Gasteiger partial charge in [0.15, 0.2) is 0 Å². The van der Waals surface area contributed by atoms with Crippen LogP contribution in [0.1, 0.15) is 24.3 Å². The number of hydrogen-bond acceptors (Lipinski definition) is 10. The summed E-state index contributed by atoms with van der Waals surface area (Å²) in [5, 5.41) is 7.57. The van der Waals surface area contributed by atoms with Crippen LogP contribution in [0.15, 0.2) is 54.7 Å². The summed E-state index contributed by atoms with van der Waals surface area (Å²) in [5.74, 6) is -5.17. The molecule has 0 spiro atoms. The Morgan fingerprint density at radius 2 is 1.62 bits per heavy atom. The number of carbonyl (C=O) groups excluding carboxylic acids is 2. The molecule has 1 N–H and O–H groups in total. The Hall–Kier alpha value is -5.13. The Bertz CT molecular complexity index is 1840. The van der Waals surface area contributed by atoms with Crippen LogP contribution in [0.2, 0.25) is 0 Å². The van der Waals surface area contributed by atoms with Crippen molar-refractivity contribution >= 4 is 29.1 Å². The van der Waals surface area contributed by atoms with Crippen LogP contribution in [0, 0.1) is 5.82 Å². The lowest BCUT2D eigenvalue weighted by molar-refractivity contribution is -0.214. The highest BCUT2D eigenvalue weighted by atomic mass is 19.4. The van der Waals surface area contributed by atoms with Crippen molar-refractivity contribution in [3.63, 3.8) is 0 Å². The Labute approximate surface area is 279 Å². The van der Waals surface area contributed by atoms with E-state index in [2.05, 4.69) is 24.9 Å². The minimum atomic E-state index is -5.42. The topological polar surface area (TPSA) is 117 Å². The number of benzene rings is 2. The fraction of sp³-hybridized carbons (Fsp3) is 0.375. The molecular formula is C32H30F7N5O6. The third-order valence-corrected chi connectivity index (χ3v) is 7.97. The van der Waals surface area contributed by atoms with E-state index in [-0.39, 0.29) is 49.2 Å². The van der Waals surface area contributed by atoms with Crippen molar-refractivity contribution in [3.05, 3.63) is 66.1 Å². The van der Waals surface area contributed by atoms with Crippen molar-refractivity contribution in [2.24, 2.45) is 0 Å². The zero-order chi connectivity index (χ0) is 36.2. The summed E-state index contributed by atoms with van der Waals surface area (Å²) < 4.78 is 113. The Balaban J connectivity index is 1.27. The number of fused-ring (bicyclic) bond motifs is 1. The third-order valence-electron chi connectivity index (χ3n) is 7.97. The molecule has 4 aromatic rings. The molecule has 0 bridgehead atoms. The maximum Gasteiger partial charge on any atom is 0.490 e. The monoisotopic (exact) mass is 713 g/mol. The lowest BCUT2D eigenvalue weighted by atomic mass is 9.88. The van der Waals surface area contributed by atoms with Crippen LogP contribution < -0.4 is 14.8 Å². The zero-order valence-electron chi connectivity index (χ0n) is 26.5. The Kier molecular flexibility index (Phi) is 10.7.